The van der Waals surface area contributed by atoms with Crippen molar-refractivity contribution in [3.05, 3.63) is 199 Å². The molecule has 9 aromatic carbocycles. The molecule has 1 aliphatic rings. The summed E-state index contributed by atoms with van der Waals surface area (Å²) in [6.45, 7) is 0. The molecule has 1 nitrogen and oxygen atoms in total. The zero-order valence-electron chi connectivity index (χ0n) is 29.1. The lowest BCUT2D eigenvalue weighted by Crippen LogP contribution is -1.90. The highest BCUT2D eigenvalue weighted by atomic mass is 14.7. The molecule has 246 valence electrons. The van der Waals surface area contributed by atoms with Gasteiger partial charge in [0.25, 0.3) is 0 Å². The number of fused-ring (bicyclic) bond motifs is 9. The Hall–Kier alpha value is -6.83. The Bertz CT molecular complexity index is 3080. The smallest absolute Gasteiger partial charge is 0.0788 e. The highest BCUT2D eigenvalue weighted by molar-refractivity contribution is 6.09. The molecule has 0 atom stereocenters. The van der Waals surface area contributed by atoms with Gasteiger partial charge in [0.05, 0.1) is 11.2 Å². The maximum atomic E-state index is 5.20. The number of aromatic nitrogens is 1. The van der Waals surface area contributed by atoms with E-state index in [1.54, 1.807) is 0 Å². The highest BCUT2D eigenvalue weighted by Gasteiger charge is 2.26. The van der Waals surface area contributed by atoms with Gasteiger partial charge in [0, 0.05) is 16.3 Å². The molecule has 1 heteroatoms. The molecule has 0 unspecified atom stereocenters. The van der Waals surface area contributed by atoms with Crippen LogP contribution in [-0.4, -0.2) is 4.98 Å². The maximum Gasteiger partial charge on any atom is 0.0788 e. The second kappa shape index (κ2) is 11.9. The van der Waals surface area contributed by atoms with Crippen molar-refractivity contribution in [2.75, 3.05) is 0 Å². The summed E-state index contributed by atoms with van der Waals surface area (Å²) in [4.78, 5) is 5.20. The fourth-order valence-corrected chi connectivity index (χ4v) is 8.66. The van der Waals surface area contributed by atoms with Crippen molar-refractivity contribution < 1.29 is 0 Å². The van der Waals surface area contributed by atoms with Crippen LogP contribution in [0.25, 0.3) is 99.0 Å². The van der Waals surface area contributed by atoms with Crippen molar-refractivity contribution in [3.8, 4) is 55.8 Å². The molecule has 0 saturated heterocycles. The zero-order chi connectivity index (χ0) is 34.9. The normalized spacial score (nSPS) is 12.1. The van der Waals surface area contributed by atoms with Crippen LogP contribution in [0.5, 0.6) is 0 Å². The van der Waals surface area contributed by atoms with Crippen molar-refractivity contribution in [2.45, 2.75) is 6.42 Å². The molecule has 0 radical (unpaired) electrons. The molecule has 0 bridgehead atoms. The van der Waals surface area contributed by atoms with Crippen LogP contribution in [0, 0.1) is 0 Å². The summed E-state index contributed by atoms with van der Waals surface area (Å²) < 4.78 is 0. The van der Waals surface area contributed by atoms with Gasteiger partial charge in [0.1, 0.15) is 0 Å². The van der Waals surface area contributed by atoms with E-state index in [1.165, 1.54) is 88.0 Å². The summed E-state index contributed by atoms with van der Waals surface area (Å²) in [5, 5.41) is 8.71. The molecular formula is C52H33N. The first-order valence-electron chi connectivity index (χ1n) is 18.4. The molecule has 1 aliphatic carbocycles. The largest absolute Gasteiger partial charge is 0.247 e. The molecule has 0 amide bonds. The number of rotatable bonds is 4. The fourth-order valence-electron chi connectivity index (χ4n) is 8.66. The lowest BCUT2D eigenvalue weighted by atomic mass is 9.88. The van der Waals surface area contributed by atoms with E-state index < -0.39 is 0 Å². The first-order valence-corrected chi connectivity index (χ1v) is 18.4. The van der Waals surface area contributed by atoms with E-state index in [1.807, 2.05) is 6.07 Å². The molecule has 0 N–H and O–H groups in total. The number of hydrogen-bond acceptors (Lipinski definition) is 1. The van der Waals surface area contributed by atoms with Crippen molar-refractivity contribution >= 4 is 43.2 Å². The van der Waals surface area contributed by atoms with Crippen LogP contribution < -0.4 is 0 Å². The van der Waals surface area contributed by atoms with Crippen LogP contribution in [0.4, 0.5) is 0 Å². The summed E-state index contributed by atoms with van der Waals surface area (Å²) >= 11 is 0. The van der Waals surface area contributed by atoms with E-state index in [0.717, 1.165) is 28.6 Å². The SMILES string of the molecule is c1ccc(-c2ccc3ccc4ccc(-c5cccc(-c6cccc7c6-c6cc(-c8ccc9ccccc9c8)c8ccccc8c6C7)c5)cc4c3n2)cc1. The van der Waals surface area contributed by atoms with E-state index in [4.69, 9.17) is 4.98 Å². The number of benzene rings is 9. The summed E-state index contributed by atoms with van der Waals surface area (Å²) in [5.41, 5.74) is 16.1. The van der Waals surface area contributed by atoms with Crippen LogP contribution in [0.15, 0.2) is 188 Å². The molecule has 1 heterocycles. The third-order valence-corrected chi connectivity index (χ3v) is 11.3. The standard InChI is InChI=1S/C52H33N/c1-2-11-35(12-3-1)50-27-26-36-23-21-34-22-24-39(30-47(34)52(36)53-50)38-14-8-15-40(29-38)43-19-9-16-42-31-48-45-18-7-6-17-44(45)46(32-49(48)51(42)43)41-25-20-33-10-4-5-13-37(33)28-41/h1-30,32H,31H2. The summed E-state index contributed by atoms with van der Waals surface area (Å²) in [6.07, 6.45) is 0.937. The van der Waals surface area contributed by atoms with Crippen LogP contribution in [0.3, 0.4) is 0 Å². The van der Waals surface area contributed by atoms with Gasteiger partial charge < -0.3 is 0 Å². The van der Waals surface area contributed by atoms with Crippen molar-refractivity contribution in [1.82, 2.24) is 4.98 Å². The quantitative estimate of drug-likeness (QED) is 0.170. The van der Waals surface area contributed by atoms with Gasteiger partial charge in [-0.3, -0.25) is 0 Å². The topological polar surface area (TPSA) is 12.9 Å². The van der Waals surface area contributed by atoms with E-state index >= 15 is 0 Å². The van der Waals surface area contributed by atoms with Gasteiger partial charge in [0.2, 0.25) is 0 Å². The summed E-state index contributed by atoms with van der Waals surface area (Å²) in [7, 11) is 0. The lowest BCUT2D eigenvalue weighted by molar-refractivity contribution is 1.28. The molecule has 0 spiro atoms. The van der Waals surface area contributed by atoms with Gasteiger partial charge in [-0.2, -0.15) is 0 Å². The Morgan fingerprint density at radius 2 is 1.00 bits per heavy atom. The van der Waals surface area contributed by atoms with Gasteiger partial charge in [-0.15, -0.1) is 0 Å². The Morgan fingerprint density at radius 1 is 0.340 bits per heavy atom. The van der Waals surface area contributed by atoms with E-state index in [9.17, 15) is 0 Å². The minimum absolute atomic E-state index is 0.937. The van der Waals surface area contributed by atoms with Gasteiger partial charge in [-0.25, -0.2) is 4.98 Å². The second-order valence-electron chi connectivity index (χ2n) is 14.3. The van der Waals surface area contributed by atoms with E-state index in [-0.39, 0.29) is 0 Å². The van der Waals surface area contributed by atoms with Crippen LogP contribution in [0.2, 0.25) is 0 Å². The number of pyridine rings is 1. The molecule has 10 aromatic rings. The summed E-state index contributed by atoms with van der Waals surface area (Å²) in [6, 6.07) is 68.9. The second-order valence-corrected chi connectivity index (χ2v) is 14.3. The van der Waals surface area contributed by atoms with Gasteiger partial charge in [-0.1, -0.05) is 158 Å². The predicted molar refractivity (Wildman–Crippen MR) is 224 cm³/mol. The Kier molecular flexibility index (Phi) is 6.69. The maximum absolute atomic E-state index is 5.20. The molecule has 0 saturated carbocycles. The first-order chi connectivity index (χ1) is 26.2. The Labute approximate surface area is 308 Å². The third-order valence-electron chi connectivity index (χ3n) is 11.3. The Balaban J connectivity index is 1.05. The Morgan fingerprint density at radius 3 is 1.92 bits per heavy atom. The van der Waals surface area contributed by atoms with Gasteiger partial charge in [-0.05, 0) is 119 Å². The summed E-state index contributed by atoms with van der Waals surface area (Å²) in [5.74, 6) is 0. The van der Waals surface area contributed by atoms with Gasteiger partial charge in [0.15, 0.2) is 0 Å². The van der Waals surface area contributed by atoms with Crippen LogP contribution >= 0.6 is 0 Å². The minimum atomic E-state index is 0.937. The predicted octanol–water partition coefficient (Wildman–Crippen LogP) is 13.9. The number of nitrogens with zero attached hydrogens (tertiary/aromatic N) is 1. The van der Waals surface area contributed by atoms with E-state index in [0.29, 0.717) is 0 Å². The molecule has 0 fully saturated rings. The lowest BCUT2D eigenvalue weighted by Gasteiger charge is -2.15. The molecule has 0 aliphatic heterocycles. The molecule has 11 rings (SSSR count). The fraction of sp³-hybridized carbons (Fsp3) is 0.0192. The van der Waals surface area contributed by atoms with Crippen molar-refractivity contribution in [2.24, 2.45) is 0 Å². The molecule has 1 aromatic heterocycles. The monoisotopic (exact) mass is 671 g/mol. The van der Waals surface area contributed by atoms with Crippen LogP contribution in [0.1, 0.15) is 11.1 Å². The zero-order valence-corrected chi connectivity index (χ0v) is 29.1. The average Bonchev–Trinajstić information content (AvgIpc) is 3.62. The van der Waals surface area contributed by atoms with Gasteiger partial charge >= 0.3 is 0 Å². The molecular weight excluding hydrogens is 639 g/mol. The third kappa shape index (κ3) is 4.89. The number of hydrogen-bond donors (Lipinski definition) is 0. The first kappa shape index (κ1) is 29.9. The molecule has 53 heavy (non-hydrogen) atoms. The van der Waals surface area contributed by atoms with Crippen LogP contribution in [-0.2, 0) is 6.42 Å². The average molecular weight is 672 g/mol. The van der Waals surface area contributed by atoms with E-state index in [2.05, 4.69) is 182 Å². The highest BCUT2D eigenvalue weighted by Crippen LogP contribution is 2.48. The van der Waals surface area contributed by atoms with Crippen molar-refractivity contribution in [3.63, 3.8) is 0 Å². The minimum Gasteiger partial charge on any atom is -0.247 e. The van der Waals surface area contributed by atoms with Crippen molar-refractivity contribution in [1.29, 1.82) is 0 Å².